The monoisotopic (exact) mass is 596 g/mol. The number of nitrogens with zero attached hydrogens (tertiary/aromatic N) is 5. The molecule has 0 saturated carbocycles. The molecule has 1 unspecified atom stereocenters. The van der Waals surface area contributed by atoms with Gasteiger partial charge < -0.3 is 15.3 Å². The zero-order valence-electron chi connectivity index (χ0n) is 22.4. The van der Waals surface area contributed by atoms with Gasteiger partial charge in [0.05, 0.1) is 28.4 Å². The van der Waals surface area contributed by atoms with Gasteiger partial charge in [-0.15, -0.1) is 0 Å². The summed E-state index contributed by atoms with van der Waals surface area (Å²) < 4.78 is 16.0. The molecule has 10 nitrogen and oxygen atoms in total. The van der Waals surface area contributed by atoms with E-state index in [2.05, 4.69) is 20.3 Å². The van der Waals surface area contributed by atoms with Crippen molar-refractivity contribution in [3.05, 3.63) is 89.8 Å². The average molecular weight is 597 g/mol. The van der Waals surface area contributed by atoms with E-state index >= 15 is 4.39 Å². The van der Waals surface area contributed by atoms with Crippen molar-refractivity contribution in [3.8, 4) is 0 Å². The third-order valence-electron chi connectivity index (χ3n) is 6.09. The number of rotatable bonds is 12. The first-order valence-electron chi connectivity index (χ1n) is 12.7. The standard InChI is InChI=1S/C28H29FN6O4S2/c1-3-7-20(19-8-5-4-6-9-19)17-35(39)26(36)25-24(29)21(12-13-30-25)40-23-15-32-27(41-23)33-22-11-10-18(14-31-22)16-34(2)28(37)38/h4-6,8-15,20,39H,3,7,16-17H2,1-2H3,(H,37,38)(H,31,32,33). The van der Waals surface area contributed by atoms with E-state index in [1.54, 1.807) is 24.5 Å². The highest BCUT2D eigenvalue weighted by Crippen LogP contribution is 2.36. The molecular formula is C28H29FN6O4S2. The fourth-order valence-corrected chi connectivity index (χ4v) is 5.89. The molecule has 1 aromatic carbocycles. The van der Waals surface area contributed by atoms with Gasteiger partial charge in [0.1, 0.15) is 5.82 Å². The first-order chi connectivity index (χ1) is 19.7. The summed E-state index contributed by atoms with van der Waals surface area (Å²) in [5, 5.41) is 23.7. The fraction of sp³-hybridized carbons (Fsp3) is 0.250. The maximum Gasteiger partial charge on any atom is 0.407 e. The molecule has 0 aliphatic rings. The Kier molecular flexibility index (Phi) is 10.2. The van der Waals surface area contributed by atoms with Gasteiger partial charge in [-0.2, -0.15) is 0 Å². The SMILES string of the molecule is CCCC(CN(O)C(=O)c1nccc(Sc2cnc(Nc3ccc(CN(C)C(=O)O)cn3)s2)c1F)c1ccccc1. The van der Waals surface area contributed by atoms with Crippen LogP contribution in [0.4, 0.5) is 20.1 Å². The molecule has 0 saturated heterocycles. The van der Waals surface area contributed by atoms with E-state index in [1.807, 2.05) is 37.3 Å². The van der Waals surface area contributed by atoms with Crippen LogP contribution in [0.5, 0.6) is 0 Å². The maximum absolute atomic E-state index is 15.4. The van der Waals surface area contributed by atoms with Crippen LogP contribution in [0.25, 0.3) is 0 Å². The molecule has 0 bridgehead atoms. The highest BCUT2D eigenvalue weighted by molar-refractivity contribution is 8.01. The minimum atomic E-state index is -1.03. The molecule has 41 heavy (non-hydrogen) atoms. The van der Waals surface area contributed by atoms with Crippen LogP contribution < -0.4 is 5.32 Å². The topological polar surface area (TPSA) is 132 Å². The molecule has 4 aromatic rings. The second-order valence-electron chi connectivity index (χ2n) is 9.16. The smallest absolute Gasteiger partial charge is 0.407 e. The van der Waals surface area contributed by atoms with E-state index in [0.29, 0.717) is 20.2 Å². The van der Waals surface area contributed by atoms with Gasteiger partial charge in [-0.1, -0.05) is 72.8 Å². The zero-order valence-corrected chi connectivity index (χ0v) is 24.0. The molecule has 0 fully saturated rings. The van der Waals surface area contributed by atoms with Gasteiger partial charge in [-0.3, -0.25) is 10.0 Å². The van der Waals surface area contributed by atoms with Gasteiger partial charge in [-0.05, 0) is 29.7 Å². The number of hydrogen-bond donors (Lipinski definition) is 3. The van der Waals surface area contributed by atoms with Crippen LogP contribution in [0.15, 0.2) is 76.2 Å². The summed E-state index contributed by atoms with van der Waals surface area (Å²) in [6.45, 7) is 2.26. The highest BCUT2D eigenvalue weighted by atomic mass is 32.2. The predicted octanol–water partition coefficient (Wildman–Crippen LogP) is 6.49. The Balaban J connectivity index is 1.40. The van der Waals surface area contributed by atoms with Crippen molar-refractivity contribution in [2.24, 2.45) is 0 Å². The molecule has 0 spiro atoms. The molecule has 0 aliphatic carbocycles. The number of halogens is 1. The molecule has 3 heterocycles. The predicted molar refractivity (Wildman–Crippen MR) is 154 cm³/mol. The Labute approximate surface area is 244 Å². The molecule has 3 aromatic heterocycles. The van der Waals surface area contributed by atoms with Crippen LogP contribution in [-0.4, -0.2) is 60.8 Å². The number of benzene rings is 1. The van der Waals surface area contributed by atoms with Gasteiger partial charge in [0.2, 0.25) is 0 Å². The Morgan fingerprint density at radius 2 is 1.88 bits per heavy atom. The summed E-state index contributed by atoms with van der Waals surface area (Å²) >= 11 is 2.35. The largest absolute Gasteiger partial charge is 0.465 e. The Hall–Kier alpha value is -4.07. The number of carboxylic acid groups (broad SMARTS) is 1. The molecule has 0 aliphatic heterocycles. The number of pyridine rings is 2. The van der Waals surface area contributed by atoms with Crippen molar-refractivity contribution in [2.45, 2.75) is 41.3 Å². The van der Waals surface area contributed by atoms with Crippen LogP contribution in [0.1, 0.15) is 47.3 Å². The molecule has 4 rings (SSSR count). The lowest BCUT2D eigenvalue weighted by Crippen LogP contribution is -2.33. The molecule has 3 N–H and O–H groups in total. The third kappa shape index (κ3) is 7.99. The number of anilines is 2. The fourth-order valence-electron chi connectivity index (χ4n) is 4.02. The van der Waals surface area contributed by atoms with Gasteiger partial charge in [-0.25, -0.2) is 29.2 Å². The van der Waals surface area contributed by atoms with Gasteiger partial charge in [0.15, 0.2) is 16.6 Å². The quantitative estimate of drug-likeness (QED) is 0.124. The average Bonchev–Trinajstić information content (AvgIpc) is 3.41. The summed E-state index contributed by atoms with van der Waals surface area (Å²) in [5.41, 5.74) is 1.27. The third-order valence-corrected chi connectivity index (χ3v) is 8.14. The van der Waals surface area contributed by atoms with E-state index in [0.717, 1.165) is 40.6 Å². The van der Waals surface area contributed by atoms with Crippen LogP contribution in [0, 0.1) is 5.82 Å². The number of hydroxylamine groups is 2. The maximum atomic E-state index is 15.4. The van der Waals surface area contributed by atoms with Crippen molar-refractivity contribution in [1.82, 2.24) is 24.9 Å². The second-order valence-corrected chi connectivity index (χ2v) is 11.5. The Morgan fingerprint density at radius 3 is 2.56 bits per heavy atom. The molecule has 1 atom stereocenters. The van der Waals surface area contributed by atoms with E-state index in [-0.39, 0.29) is 23.9 Å². The van der Waals surface area contributed by atoms with Crippen LogP contribution in [0.2, 0.25) is 0 Å². The summed E-state index contributed by atoms with van der Waals surface area (Å²) in [5.74, 6) is -1.31. The summed E-state index contributed by atoms with van der Waals surface area (Å²) in [6, 6.07) is 14.5. The Bertz CT molecular complexity index is 1470. The zero-order chi connectivity index (χ0) is 29.4. The highest BCUT2D eigenvalue weighted by Gasteiger charge is 2.25. The summed E-state index contributed by atoms with van der Waals surface area (Å²) in [4.78, 5) is 37.8. The second kappa shape index (κ2) is 14.0. The summed E-state index contributed by atoms with van der Waals surface area (Å²) in [7, 11) is 1.47. The minimum Gasteiger partial charge on any atom is -0.465 e. The number of amides is 2. The van der Waals surface area contributed by atoms with Crippen molar-refractivity contribution < 1.29 is 24.3 Å². The number of carbonyl (C=O) groups is 2. The van der Waals surface area contributed by atoms with E-state index in [1.165, 1.54) is 30.6 Å². The number of carbonyl (C=O) groups excluding carboxylic acids is 1. The van der Waals surface area contributed by atoms with Crippen LogP contribution in [0.3, 0.4) is 0 Å². The number of nitrogens with one attached hydrogen (secondary N) is 1. The lowest BCUT2D eigenvalue weighted by Gasteiger charge is -2.22. The van der Waals surface area contributed by atoms with Crippen molar-refractivity contribution >= 4 is 46.0 Å². The van der Waals surface area contributed by atoms with E-state index < -0.39 is 23.5 Å². The van der Waals surface area contributed by atoms with Crippen molar-refractivity contribution in [1.29, 1.82) is 0 Å². The number of aromatic nitrogens is 3. The van der Waals surface area contributed by atoms with Crippen molar-refractivity contribution in [3.63, 3.8) is 0 Å². The number of thiazole rings is 1. The lowest BCUT2D eigenvalue weighted by molar-refractivity contribution is -0.0630. The first-order valence-corrected chi connectivity index (χ1v) is 14.4. The lowest BCUT2D eigenvalue weighted by atomic mass is 9.94. The van der Waals surface area contributed by atoms with E-state index in [9.17, 15) is 14.8 Å². The first kappa shape index (κ1) is 29.9. The van der Waals surface area contributed by atoms with Gasteiger partial charge >= 0.3 is 6.09 Å². The molecule has 214 valence electrons. The van der Waals surface area contributed by atoms with Gasteiger partial charge in [0.25, 0.3) is 5.91 Å². The van der Waals surface area contributed by atoms with E-state index in [4.69, 9.17) is 5.11 Å². The molecular weight excluding hydrogens is 567 g/mol. The normalized spacial score (nSPS) is 11.6. The van der Waals surface area contributed by atoms with Crippen LogP contribution >= 0.6 is 23.1 Å². The molecule has 13 heteroatoms. The Morgan fingerprint density at radius 1 is 1.10 bits per heavy atom. The minimum absolute atomic E-state index is 0.0182. The number of hydrogen-bond acceptors (Lipinski definition) is 9. The van der Waals surface area contributed by atoms with Crippen LogP contribution in [-0.2, 0) is 6.54 Å². The van der Waals surface area contributed by atoms with Gasteiger partial charge in [0, 0.05) is 25.4 Å². The summed E-state index contributed by atoms with van der Waals surface area (Å²) in [6.07, 6.45) is 5.06. The molecule has 0 radical (unpaired) electrons. The molecule has 2 amide bonds. The van der Waals surface area contributed by atoms with Crippen molar-refractivity contribution in [2.75, 3.05) is 18.9 Å².